The molecule has 9 heteroatoms. The van der Waals surface area contributed by atoms with Gasteiger partial charge in [-0.15, -0.1) is 11.3 Å². The van der Waals surface area contributed by atoms with Gasteiger partial charge in [-0.2, -0.15) is 13.2 Å². The molecule has 1 aromatic heterocycles. The molecule has 2 aromatic rings. The zero-order chi connectivity index (χ0) is 20.1. The number of hydrogen-bond donors (Lipinski definition) is 2. The number of aromatic nitrogens is 1. The molecule has 0 saturated heterocycles. The van der Waals surface area contributed by atoms with E-state index in [2.05, 4.69) is 20.6 Å². The largest absolute Gasteiger partial charge is 0.434 e. The fourth-order valence-corrected chi connectivity index (χ4v) is 3.18. The van der Waals surface area contributed by atoms with Gasteiger partial charge < -0.3 is 10.6 Å². The highest BCUT2D eigenvalue weighted by Gasteiger charge is 2.33. The van der Waals surface area contributed by atoms with Crippen LogP contribution in [0.15, 0.2) is 34.6 Å². The van der Waals surface area contributed by atoms with Crippen molar-refractivity contribution in [3.8, 4) is 0 Å². The highest BCUT2D eigenvalue weighted by molar-refractivity contribution is 7.09. The standard InChI is InChI=1S/C18H22F4N4S/c1-17(2,12-4-6-13(19)7-5-12)11-25-16(23-3)24-9-8-15-26-14(10-27-15)18(20,21)22/h4-7,10H,8-9,11H2,1-3H3,(H2,23,24,25). The highest BCUT2D eigenvalue weighted by Crippen LogP contribution is 2.30. The van der Waals surface area contributed by atoms with Crippen molar-refractivity contribution in [2.24, 2.45) is 4.99 Å². The summed E-state index contributed by atoms with van der Waals surface area (Å²) in [5.74, 6) is 0.258. The number of guanidine groups is 1. The lowest BCUT2D eigenvalue weighted by Crippen LogP contribution is -2.44. The average Bonchev–Trinajstić information content (AvgIpc) is 3.07. The molecule has 0 atom stereocenters. The molecule has 0 radical (unpaired) electrons. The molecule has 0 fully saturated rings. The van der Waals surface area contributed by atoms with E-state index in [1.165, 1.54) is 12.1 Å². The van der Waals surface area contributed by atoms with E-state index in [9.17, 15) is 17.6 Å². The third-order valence-electron chi connectivity index (χ3n) is 4.02. The Morgan fingerprint density at radius 3 is 2.37 bits per heavy atom. The summed E-state index contributed by atoms with van der Waals surface area (Å²) in [6.45, 7) is 5.00. The topological polar surface area (TPSA) is 49.3 Å². The first-order valence-electron chi connectivity index (χ1n) is 8.34. The normalized spacial score (nSPS) is 12.9. The minimum atomic E-state index is -4.41. The second-order valence-corrected chi connectivity index (χ2v) is 7.56. The second kappa shape index (κ2) is 8.69. The lowest BCUT2D eigenvalue weighted by molar-refractivity contribution is -0.140. The quantitative estimate of drug-likeness (QED) is 0.437. The van der Waals surface area contributed by atoms with Gasteiger partial charge in [0.1, 0.15) is 5.82 Å². The molecule has 2 rings (SSSR count). The van der Waals surface area contributed by atoms with Crippen molar-refractivity contribution in [2.45, 2.75) is 31.9 Å². The molecule has 1 heterocycles. The van der Waals surface area contributed by atoms with Crippen molar-refractivity contribution in [1.82, 2.24) is 15.6 Å². The van der Waals surface area contributed by atoms with E-state index >= 15 is 0 Å². The lowest BCUT2D eigenvalue weighted by Gasteiger charge is -2.26. The van der Waals surface area contributed by atoms with Gasteiger partial charge in [0.2, 0.25) is 0 Å². The molecular formula is C18H22F4N4S. The van der Waals surface area contributed by atoms with Crippen LogP contribution in [0.5, 0.6) is 0 Å². The summed E-state index contributed by atoms with van der Waals surface area (Å²) in [5.41, 5.74) is -0.136. The summed E-state index contributed by atoms with van der Waals surface area (Å²) < 4.78 is 50.8. The SMILES string of the molecule is CN=C(NCCc1nc(C(F)(F)F)cs1)NCC(C)(C)c1ccc(F)cc1. The van der Waals surface area contributed by atoms with Crippen LogP contribution in [-0.2, 0) is 18.0 Å². The van der Waals surface area contributed by atoms with Gasteiger partial charge in [-0.3, -0.25) is 4.99 Å². The first-order valence-corrected chi connectivity index (χ1v) is 9.22. The molecule has 27 heavy (non-hydrogen) atoms. The zero-order valence-corrected chi connectivity index (χ0v) is 16.1. The van der Waals surface area contributed by atoms with Crippen LogP contribution in [0, 0.1) is 5.82 Å². The van der Waals surface area contributed by atoms with Gasteiger partial charge in [-0.1, -0.05) is 26.0 Å². The van der Waals surface area contributed by atoms with Crippen molar-refractivity contribution in [1.29, 1.82) is 0 Å². The molecule has 0 amide bonds. The Balaban J connectivity index is 1.83. The van der Waals surface area contributed by atoms with Gasteiger partial charge in [0.15, 0.2) is 11.7 Å². The second-order valence-electron chi connectivity index (χ2n) is 6.62. The molecule has 0 aliphatic rings. The van der Waals surface area contributed by atoms with Crippen LogP contribution in [0.25, 0.3) is 0 Å². The number of halogens is 4. The average molecular weight is 402 g/mol. The number of benzene rings is 1. The van der Waals surface area contributed by atoms with E-state index in [1.807, 2.05) is 13.8 Å². The maximum Gasteiger partial charge on any atom is 0.434 e. The molecular weight excluding hydrogens is 380 g/mol. The van der Waals surface area contributed by atoms with Gasteiger partial charge >= 0.3 is 6.18 Å². The first-order chi connectivity index (χ1) is 12.6. The maximum atomic E-state index is 13.1. The Morgan fingerprint density at radius 2 is 1.81 bits per heavy atom. The van der Waals surface area contributed by atoms with Crippen molar-refractivity contribution >= 4 is 17.3 Å². The summed E-state index contributed by atoms with van der Waals surface area (Å²) in [5, 5.41) is 7.69. The van der Waals surface area contributed by atoms with Gasteiger partial charge in [0.25, 0.3) is 0 Å². The molecule has 2 N–H and O–H groups in total. The maximum absolute atomic E-state index is 13.1. The molecule has 0 spiro atoms. The zero-order valence-electron chi connectivity index (χ0n) is 15.3. The fourth-order valence-electron chi connectivity index (χ4n) is 2.37. The number of aliphatic imine (C=N–C) groups is 1. The fraction of sp³-hybridized carbons (Fsp3) is 0.444. The van der Waals surface area contributed by atoms with E-state index in [1.54, 1.807) is 19.2 Å². The predicted molar refractivity (Wildman–Crippen MR) is 99.6 cm³/mol. The summed E-state index contributed by atoms with van der Waals surface area (Å²) in [6, 6.07) is 6.34. The van der Waals surface area contributed by atoms with E-state index in [0.717, 1.165) is 22.3 Å². The van der Waals surface area contributed by atoms with Crippen LogP contribution in [0.1, 0.15) is 30.1 Å². The van der Waals surface area contributed by atoms with Crippen LogP contribution >= 0.6 is 11.3 Å². The van der Waals surface area contributed by atoms with E-state index < -0.39 is 11.9 Å². The molecule has 4 nitrogen and oxygen atoms in total. The minimum absolute atomic E-state index is 0.262. The highest BCUT2D eigenvalue weighted by atomic mass is 32.1. The first kappa shape index (κ1) is 21.1. The molecule has 0 unspecified atom stereocenters. The Bertz CT molecular complexity index is 766. The van der Waals surface area contributed by atoms with E-state index in [-0.39, 0.29) is 11.2 Å². The molecule has 1 aromatic carbocycles. The summed E-state index contributed by atoms with van der Waals surface area (Å²) in [6.07, 6.45) is -4.05. The summed E-state index contributed by atoms with van der Waals surface area (Å²) >= 11 is 0.990. The Hall–Kier alpha value is -2.16. The monoisotopic (exact) mass is 402 g/mol. The van der Waals surface area contributed by atoms with Gasteiger partial charge in [-0.05, 0) is 17.7 Å². The molecule has 148 valence electrons. The predicted octanol–water partition coefficient (Wildman–Crippen LogP) is 3.99. The third kappa shape index (κ3) is 6.20. The van der Waals surface area contributed by atoms with Crippen molar-refractivity contribution in [2.75, 3.05) is 20.1 Å². The number of nitrogens with one attached hydrogen (secondary N) is 2. The Kier molecular flexibility index (Phi) is 6.80. The number of thiazole rings is 1. The smallest absolute Gasteiger partial charge is 0.356 e. The van der Waals surface area contributed by atoms with Crippen LogP contribution < -0.4 is 10.6 Å². The lowest BCUT2D eigenvalue weighted by atomic mass is 9.84. The summed E-state index contributed by atoms with van der Waals surface area (Å²) in [4.78, 5) is 7.71. The molecule has 0 aliphatic heterocycles. The molecule has 0 aliphatic carbocycles. The minimum Gasteiger partial charge on any atom is -0.356 e. The van der Waals surface area contributed by atoms with Crippen LogP contribution in [-0.4, -0.2) is 31.1 Å². The van der Waals surface area contributed by atoms with E-state index in [4.69, 9.17) is 0 Å². The van der Waals surface area contributed by atoms with Gasteiger partial charge in [0, 0.05) is 37.4 Å². The Morgan fingerprint density at radius 1 is 1.15 bits per heavy atom. The third-order valence-corrected chi connectivity index (χ3v) is 4.93. The number of rotatable bonds is 6. The van der Waals surface area contributed by atoms with E-state index in [0.29, 0.717) is 30.5 Å². The van der Waals surface area contributed by atoms with Crippen LogP contribution in [0.2, 0.25) is 0 Å². The van der Waals surface area contributed by atoms with Crippen molar-refractivity contribution in [3.05, 3.63) is 51.7 Å². The molecule has 0 bridgehead atoms. The summed E-state index contributed by atoms with van der Waals surface area (Å²) in [7, 11) is 1.62. The van der Waals surface area contributed by atoms with Gasteiger partial charge in [0.05, 0.1) is 5.01 Å². The van der Waals surface area contributed by atoms with Crippen molar-refractivity contribution in [3.63, 3.8) is 0 Å². The number of nitrogens with zero attached hydrogens (tertiary/aromatic N) is 2. The number of alkyl halides is 3. The van der Waals surface area contributed by atoms with Gasteiger partial charge in [-0.25, -0.2) is 9.37 Å². The van der Waals surface area contributed by atoms with Crippen molar-refractivity contribution < 1.29 is 17.6 Å². The van der Waals surface area contributed by atoms with Crippen LogP contribution in [0.3, 0.4) is 0 Å². The van der Waals surface area contributed by atoms with Crippen LogP contribution in [0.4, 0.5) is 17.6 Å². The Labute approximate surface area is 159 Å². The molecule has 0 saturated carbocycles. The number of hydrogen-bond acceptors (Lipinski definition) is 3.